The molecule has 22 heavy (non-hydrogen) atoms. The molecule has 6 heteroatoms. The van der Waals surface area contributed by atoms with E-state index in [2.05, 4.69) is 43.3 Å². The van der Waals surface area contributed by atoms with Crippen LogP contribution in [0.2, 0.25) is 0 Å². The van der Waals surface area contributed by atoms with Gasteiger partial charge < -0.3 is 9.30 Å². The number of halogens is 1. The summed E-state index contributed by atoms with van der Waals surface area (Å²) in [5.41, 5.74) is 1.14. The van der Waals surface area contributed by atoms with Crippen LogP contribution in [-0.4, -0.2) is 21.9 Å². The quantitative estimate of drug-likeness (QED) is 0.527. The number of hydrogen-bond donors (Lipinski definition) is 0. The Morgan fingerprint density at radius 2 is 2.27 bits per heavy atom. The Morgan fingerprint density at radius 1 is 1.45 bits per heavy atom. The molecule has 0 aliphatic heterocycles. The molecule has 0 amide bonds. The minimum Gasteiger partial charge on any atom is -0.496 e. The lowest BCUT2D eigenvalue weighted by Crippen LogP contribution is -2.03. The van der Waals surface area contributed by atoms with Crippen molar-refractivity contribution in [1.82, 2.24) is 14.8 Å². The van der Waals surface area contributed by atoms with Gasteiger partial charge in [0, 0.05) is 28.3 Å². The van der Waals surface area contributed by atoms with Gasteiger partial charge in [0.1, 0.15) is 11.6 Å². The normalized spacial score (nSPS) is 14.1. The average Bonchev–Trinajstić information content (AvgIpc) is 3.28. The summed E-state index contributed by atoms with van der Waals surface area (Å²) in [6.45, 7) is 4.60. The van der Waals surface area contributed by atoms with Gasteiger partial charge in [-0.25, -0.2) is 0 Å². The third-order valence-electron chi connectivity index (χ3n) is 3.60. The number of allylic oxidation sites excluding steroid dienone is 1. The van der Waals surface area contributed by atoms with Crippen LogP contribution in [0.1, 0.15) is 30.1 Å². The first kappa shape index (κ1) is 15.6. The molecule has 0 unspecified atom stereocenters. The van der Waals surface area contributed by atoms with Crippen LogP contribution in [0.3, 0.4) is 0 Å². The minimum atomic E-state index is 0.585. The molecular weight excluding hydrogens is 362 g/mol. The molecule has 0 bridgehead atoms. The van der Waals surface area contributed by atoms with Crippen molar-refractivity contribution in [2.45, 2.75) is 36.2 Å². The summed E-state index contributed by atoms with van der Waals surface area (Å²) < 4.78 is 8.66. The van der Waals surface area contributed by atoms with Gasteiger partial charge in [0.15, 0.2) is 5.16 Å². The van der Waals surface area contributed by atoms with E-state index in [1.165, 1.54) is 12.8 Å². The lowest BCUT2D eigenvalue weighted by atomic mass is 10.2. The Bertz CT molecular complexity index is 682. The largest absolute Gasteiger partial charge is 0.496 e. The van der Waals surface area contributed by atoms with Crippen LogP contribution >= 0.6 is 27.7 Å². The maximum atomic E-state index is 5.43. The van der Waals surface area contributed by atoms with E-state index >= 15 is 0 Å². The van der Waals surface area contributed by atoms with E-state index in [-0.39, 0.29) is 0 Å². The molecular formula is C16H18BrN3OS. The van der Waals surface area contributed by atoms with Gasteiger partial charge in [-0.3, -0.25) is 0 Å². The first-order valence-corrected chi connectivity index (χ1v) is 9.00. The lowest BCUT2D eigenvalue weighted by molar-refractivity contribution is 0.411. The van der Waals surface area contributed by atoms with Crippen molar-refractivity contribution in [2.75, 3.05) is 7.11 Å². The Balaban J connectivity index is 1.79. The summed E-state index contributed by atoms with van der Waals surface area (Å²) in [7, 11) is 1.70. The first-order valence-electron chi connectivity index (χ1n) is 7.22. The van der Waals surface area contributed by atoms with Crippen LogP contribution in [0, 0.1) is 0 Å². The number of ether oxygens (including phenoxy) is 1. The van der Waals surface area contributed by atoms with Crippen LogP contribution in [0.15, 0.2) is 40.5 Å². The number of benzene rings is 1. The van der Waals surface area contributed by atoms with Crippen molar-refractivity contribution in [3.63, 3.8) is 0 Å². The average molecular weight is 380 g/mol. The van der Waals surface area contributed by atoms with E-state index < -0.39 is 0 Å². The summed E-state index contributed by atoms with van der Waals surface area (Å²) in [5, 5.41) is 9.69. The molecule has 1 fully saturated rings. The van der Waals surface area contributed by atoms with Gasteiger partial charge >= 0.3 is 0 Å². The predicted octanol–water partition coefficient (Wildman–Crippen LogP) is 4.40. The highest BCUT2D eigenvalue weighted by atomic mass is 79.9. The SMILES string of the molecule is C=CCn1c(SCc2cc(Br)ccc2OC)nnc1C1CC1. The smallest absolute Gasteiger partial charge is 0.191 e. The number of methoxy groups -OCH3 is 1. The van der Waals surface area contributed by atoms with Crippen LogP contribution < -0.4 is 4.74 Å². The van der Waals surface area contributed by atoms with Gasteiger partial charge in [0.2, 0.25) is 0 Å². The van der Waals surface area contributed by atoms with E-state index in [0.717, 1.165) is 39.1 Å². The van der Waals surface area contributed by atoms with Crippen LogP contribution in [-0.2, 0) is 12.3 Å². The monoisotopic (exact) mass is 379 g/mol. The highest BCUT2D eigenvalue weighted by Gasteiger charge is 2.30. The topological polar surface area (TPSA) is 39.9 Å². The maximum Gasteiger partial charge on any atom is 0.191 e. The molecule has 0 atom stereocenters. The summed E-state index contributed by atoms with van der Waals surface area (Å²) in [6, 6.07) is 6.05. The number of hydrogen-bond acceptors (Lipinski definition) is 4. The molecule has 1 heterocycles. The number of aromatic nitrogens is 3. The van der Waals surface area contributed by atoms with Crippen molar-refractivity contribution >= 4 is 27.7 Å². The summed E-state index contributed by atoms with van der Waals surface area (Å²) >= 11 is 5.20. The molecule has 1 aromatic carbocycles. The van der Waals surface area contributed by atoms with E-state index in [9.17, 15) is 0 Å². The van der Waals surface area contributed by atoms with Gasteiger partial charge in [-0.15, -0.1) is 16.8 Å². The number of thioether (sulfide) groups is 1. The van der Waals surface area contributed by atoms with Gasteiger partial charge in [-0.1, -0.05) is 33.8 Å². The molecule has 1 aromatic heterocycles. The fraction of sp³-hybridized carbons (Fsp3) is 0.375. The van der Waals surface area contributed by atoms with E-state index in [4.69, 9.17) is 4.74 Å². The van der Waals surface area contributed by atoms with Crippen molar-refractivity contribution in [3.8, 4) is 5.75 Å². The minimum absolute atomic E-state index is 0.585. The maximum absolute atomic E-state index is 5.43. The van der Waals surface area contributed by atoms with Gasteiger partial charge in [0.25, 0.3) is 0 Å². The number of nitrogens with zero attached hydrogens (tertiary/aromatic N) is 3. The van der Waals surface area contributed by atoms with E-state index in [1.807, 2.05) is 18.2 Å². The molecule has 2 aromatic rings. The predicted molar refractivity (Wildman–Crippen MR) is 92.4 cm³/mol. The molecule has 1 aliphatic rings. The molecule has 1 aliphatic carbocycles. The van der Waals surface area contributed by atoms with E-state index in [1.54, 1.807) is 18.9 Å². The van der Waals surface area contributed by atoms with Gasteiger partial charge in [-0.05, 0) is 31.0 Å². The van der Waals surface area contributed by atoms with Crippen LogP contribution in [0.25, 0.3) is 0 Å². The molecule has 4 nitrogen and oxygen atoms in total. The Hall–Kier alpha value is -1.27. The Kier molecular flexibility index (Phi) is 4.88. The zero-order chi connectivity index (χ0) is 15.5. The Morgan fingerprint density at radius 3 is 2.95 bits per heavy atom. The fourth-order valence-corrected chi connectivity index (χ4v) is 3.69. The summed E-state index contributed by atoms with van der Waals surface area (Å²) in [6.07, 6.45) is 4.35. The van der Waals surface area contributed by atoms with Gasteiger partial charge in [-0.2, -0.15) is 0 Å². The third-order valence-corrected chi connectivity index (χ3v) is 5.11. The highest BCUT2D eigenvalue weighted by molar-refractivity contribution is 9.10. The second kappa shape index (κ2) is 6.87. The molecule has 3 rings (SSSR count). The first-order chi connectivity index (χ1) is 10.7. The molecule has 0 spiro atoms. The standard InChI is InChI=1S/C16H18BrN3OS/c1-3-8-20-15(11-4-5-11)18-19-16(20)22-10-12-9-13(17)6-7-14(12)21-2/h3,6-7,9,11H,1,4-5,8,10H2,2H3. The second-order valence-electron chi connectivity index (χ2n) is 5.26. The fourth-order valence-electron chi connectivity index (χ4n) is 2.35. The van der Waals surface area contributed by atoms with Gasteiger partial charge in [0.05, 0.1) is 7.11 Å². The Labute approximate surface area is 143 Å². The van der Waals surface area contributed by atoms with Crippen molar-refractivity contribution in [2.24, 2.45) is 0 Å². The van der Waals surface area contributed by atoms with Crippen LogP contribution in [0.4, 0.5) is 0 Å². The van der Waals surface area contributed by atoms with Crippen LogP contribution in [0.5, 0.6) is 5.75 Å². The van der Waals surface area contributed by atoms with E-state index in [0.29, 0.717) is 5.92 Å². The zero-order valence-electron chi connectivity index (χ0n) is 12.5. The molecule has 116 valence electrons. The number of rotatable bonds is 7. The second-order valence-corrected chi connectivity index (χ2v) is 7.12. The third kappa shape index (κ3) is 3.38. The van der Waals surface area contributed by atoms with Crippen molar-refractivity contribution < 1.29 is 4.74 Å². The molecule has 0 radical (unpaired) electrons. The summed E-state index contributed by atoms with van der Waals surface area (Å²) in [4.78, 5) is 0. The highest BCUT2D eigenvalue weighted by Crippen LogP contribution is 2.40. The molecule has 0 saturated heterocycles. The lowest BCUT2D eigenvalue weighted by Gasteiger charge is -2.10. The van der Waals surface area contributed by atoms with Crippen molar-refractivity contribution in [3.05, 3.63) is 46.7 Å². The molecule has 1 saturated carbocycles. The molecule has 0 N–H and O–H groups in total. The summed E-state index contributed by atoms with van der Waals surface area (Å²) in [5.74, 6) is 3.38. The van der Waals surface area contributed by atoms with Crippen molar-refractivity contribution in [1.29, 1.82) is 0 Å². The zero-order valence-corrected chi connectivity index (χ0v) is 14.9.